The zero-order valence-corrected chi connectivity index (χ0v) is 47.1. The van der Waals surface area contributed by atoms with Crippen molar-refractivity contribution in [2.45, 2.75) is 294 Å². The van der Waals surface area contributed by atoms with Crippen molar-refractivity contribution in [2.24, 2.45) is 0 Å². The summed E-state index contributed by atoms with van der Waals surface area (Å²) in [6, 6.07) is 0. The molecule has 6 heterocycles. The van der Waals surface area contributed by atoms with Crippen LogP contribution in [0.15, 0.2) is 0 Å². The third-order valence-corrected chi connectivity index (χ3v) is 16.2. The van der Waals surface area contributed by atoms with Gasteiger partial charge in [-0.1, -0.05) is 58.3 Å². The SMILES string of the molecule is CCCCC(CCCCCCCCC(O)CC(=O)O)OC1OC(CO)C(O)C(OC2OC(CO)C(O)C(OC3OC(C)C(OC4OC(CO)C(OC5OC(COC6OC(C)C(O)C(O)C6O)C(O)C(O)C5O)C(O)C4O)C(O)C3O)C2O)C1O. The molecule has 6 aliphatic heterocycles. The predicted octanol–water partition coefficient (Wildman–Crippen LogP) is -7.51. The Morgan fingerprint density at radius 1 is 0.405 bits per heavy atom. The maximum absolute atomic E-state index is 11.7. The van der Waals surface area contributed by atoms with Gasteiger partial charge in [0.1, 0.15) is 134 Å². The molecule has 84 heavy (non-hydrogen) atoms. The number of carboxylic acids is 1. The Morgan fingerprint density at radius 2 is 0.821 bits per heavy atom. The summed E-state index contributed by atoms with van der Waals surface area (Å²) in [4.78, 5) is 10.8. The molecule has 19 N–H and O–H groups in total. The Bertz CT molecular complexity index is 1900. The monoisotopic (exact) mass is 1230 g/mol. The first-order valence-electron chi connectivity index (χ1n) is 28.9. The minimum Gasteiger partial charge on any atom is -0.481 e. The van der Waals surface area contributed by atoms with E-state index in [9.17, 15) is 96.7 Å². The third-order valence-electron chi connectivity index (χ3n) is 16.2. The number of aliphatic hydroxyl groups is 18. The fourth-order valence-corrected chi connectivity index (χ4v) is 11.1. The van der Waals surface area contributed by atoms with Gasteiger partial charge in [0.25, 0.3) is 0 Å². The highest BCUT2D eigenvalue weighted by Gasteiger charge is 2.57. The fourth-order valence-electron chi connectivity index (χ4n) is 11.1. The molecule has 0 bridgehead atoms. The number of carbonyl (C=O) groups is 1. The molecule has 0 radical (unpaired) electrons. The molecule has 0 saturated carbocycles. The molecule has 0 aromatic heterocycles. The van der Waals surface area contributed by atoms with E-state index in [0.29, 0.717) is 25.7 Å². The molecule has 0 aromatic rings. The summed E-state index contributed by atoms with van der Waals surface area (Å²) in [6.07, 6.45) is -46.5. The lowest BCUT2D eigenvalue weighted by Crippen LogP contribution is -2.67. The second-order valence-corrected chi connectivity index (χ2v) is 22.6. The summed E-state index contributed by atoms with van der Waals surface area (Å²) < 4.78 is 69.2. The smallest absolute Gasteiger partial charge is 0.305 e. The summed E-state index contributed by atoms with van der Waals surface area (Å²) in [5.74, 6) is -1.06. The average molecular weight is 1230 g/mol. The van der Waals surface area contributed by atoms with E-state index in [0.717, 1.165) is 44.9 Å². The Kier molecular flexibility index (Phi) is 28.3. The van der Waals surface area contributed by atoms with Crippen LogP contribution in [0.25, 0.3) is 0 Å². The molecule has 32 atom stereocenters. The van der Waals surface area contributed by atoms with Gasteiger partial charge in [-0.3, -0.25) is 4.79 Å². The van der Waals surface area contributed by atoms with Gasteiger partial charge in [0.2, 0.25) is 0 Å². The summed E-state index contributed by atoms with van der Waals surface area (Å²) in [5, 5.41) is 204. The Balaban J connectivity index is 1.04. The number of carboxylic acid groups (broad SMARTS) is 1. The lowest BCUT2D eigenvalue weighted by molar-refractivity contribution is -0.393. The van der Waals surface area contributed by atoms with Gasteiger partial charge in [0, 0.05) is 0 Å². The van der Waals surface area contributed by atoms with Crippen LogP contribution >= 0.6 is 0 Å². The lowest BCUT2D eigenvalue weighted by atomic mass is 9.95. The van der Waals surface area contributed by atoms with E-state index < -0.39 is 229 Å². The van der Waals surface area contributed by atoms with Crippen LogP contribution in [0, 0.1) is 0 Å². The van der Waals surface area contributed by atoms with E-state index in [1.807, 2.05) is 6.92 Å². The molecular formula is C52H92O32. The zero-order valence-electron chi connectivity index (χ0n) is 47.1. The average Bonchev–Trinajstić information content (AvgIpc) is 1.69. The first-order chi connectivity index (χ1) is 39.9. The van der Waals surface area contributed by atoms with Gasteiger partial charge in [-0.25, -0.2) is 0 Å². The zero-order chi connectivity index (χ0) is 61.9. The molecule has 0 aromatic carbocycles. The van der Waals surface area contributed by atoms with Crippen molar-refractivity contribution in [1.29, 1.82) is 0 Å². The molecule has 32 unspecified atom stereocenters. The highest BCUT2D eigenvalue weighted by atomic mass is 16.8. The first-order valence-corrected chi connectivity index (χ1v) is 28.9. The number of aliphatic carboxylic acids is 1. The van der Waals surface area contributed by atoms with Gasteiger partial charge in [-0.2, -0.15) is 0 Å². The minimum atomic E-state index is -2.10. The van der Waals surface area contributed by atoms with Gasteiger partial charge in [-0.15, -0.1) is 0 Å². The van der Waals surface area contributed by atoms with E-state index in [2.05, 4.69) is 0 Å². The Hall–Kier alpha value is -1.73. The second-order valence-electron chi connectivity index (χ2n) is 22.6. The van der Waals surface area contributed by atoms with Gasteiger partial charge in [0.15, 0.2) is 37.7 Å². The number of aliphatic hydroxyl groups excluding tert-OH is 18. The quantitative estimate of drug-likeness (QED) is 0.0297. The van der Waals surface area contributed by atoms with Crippen LogP contribution in [0.5, 0.6) is 0 Å². The lowest BCUT2D eigenvalue weighted by Gasteiger charge is -2.49. The third kappa shape index (κ3) is 17.8. The van der Waals surface area contributed by atoms with Gasteiger partial charge in [-0.05, 0) is 33.1 Å². The topological polar surface area (TPSA) is 512 Å². The molecular weight excluding hydrogens is 1140 g/mol. The normalized spacial score (nSPS) is 45.7. The summed E-state index contributed by atoms with van der Waals surface area (Å²) in [5.41, 5.74) is 0. The minimum absolute atomic E-state index is 0.300. The van der Waals surface area contributed by atoms with Crippen LogP contribution in [-0.4, -0.2) is 326 Å². The highest BCUT2D eigenvalue weighted by molar-refractivity contribution is 5.67. The molecule has 0 spiro atoms. The molecule has 6 fully saturated rings. The van der Waals surface area contributed by atoms with E-state index in [-0.39, 0.29) is 6.42 Å². The van der Waals surface area contributed by atoms with Crippen LogP contribution < -0.4 is 0 Å². The highest BCUT2D eigenvalue weighted by Crippen LogP contribution is 2.37. The van der Waals surface area contributed by atoms with Crippen molar-refractivity contribution < 1.29 is 159 Å². The number of hydrogen-bond donors (Lipinski definition) is 19. The molecule has 0 aliphatic carbocycles. The van der Waals surface area contributed by atoms with Crippen molar-refractivity contribution in [2.75, 3.05) is 26.4 Å². The number of ether oxygens (including phenoxy) is 12. The van der Waals surface area contributed by atoms with Crippen molar-refractivity contribution >= 4 is 5.97 Å². The maximum Gasteiger partial charge on any atom is 0.305 e. The Labute approximate surface area is 484 Å². The molecule has 6 aliphatic rings. The van der Waals surface area contributed by atoms with Gasteiger partial charge >= 0.3 is 5.97 Å². The van der Waals surface area contributed by atoms with Crippen LogP contribution in [0.4, 0.5) is 0 Å². The summed E-state index contributed by atoms with van der Waals surface area (Å²) >= 11 is 0. The largest absolute Gasteiger partial charge is 0.481 e. The first kappa shape index (κ1) is 71.3. The van der Waals surface area contributed by atoms with E-state index in [1.165, 1.54) is 13.8 Å². The van der Waals surface area contributed by atoms with Crippen molar-refractivity contribution in [3.8, 4) is 0 Å². The fraction of sp³-hybridized carbons (Fsp3) is 0.981. The van der Waals surface area contributed by atoms with Crippen molar-refractivity contribution in [3.63, 3.8) is 0 Å². The van der Waals surface area contributed by atoms with Crippen LogP contribution in [0.2, 0.25) is 0 Å². The Morgan fingerprint density at radius 3 is 1.39 bits per heavy atom. The van der Waals surface area contributed by atoms with E-state index in [4.69, 9.17) is 61.9 Å². The van der Waals surface area contributed by atoms with E-state index in [1.54, 1.807) is 0 Å². The predicted molar refractivity (Wildman–Crippen MR) is 274 cm³/mol. The van der Waals surface area contributed by atoms with Crippen molar-refractivity contribution in [3.05, 3.63) is 0 Å². The summed E-state index contributed by atoms with van der Waals surface area (Å²) in [7, 11) is 0. The van der Waals surface area contributed by atoms with E-state index >= 15 is 0 Å². The van der Waals surface area contributed by atoms with Crippen LogP contribution in [-0.2, 0) is 61.6 Å². The van der Waals surface area contributed by atoms with Gasteiger partial charge < -0.3 is 154 Å². The van der Waals surface area contributed by atoms with Crippen LogP contribution in [0.3, 0.4) is 0 Å². The number of hydrogen-bond acceptors (Lipinski definition) is 31. The molecule has 6 saturated heterocycles. The van der Waals surface area contributed by atoms with Gasteiger partial charge in [0.05, 0.1) is 57.3 Å². The molecule has 32 heteroatoms. The molecule has 6 rings (SSSR count). The molecule has 0 amide bonds. The molecule has 492 valence electrons. The van der Waals surface area contributed by atoms with Crippen LogP contribution in [0.1, 0.15) is 97.8 Å². The maximum atomic E-state index is 11.7. The van der Waals surface area contributed by atoms with Crippen molar-refractivity contribution in [1.82, 2.24) is 0 Å². The number of rotatable bonds is 30. The summed E-state index contributed by atoms with van der Waals surface area (Å²) in [6.45, 7) is 1.37. The standard InChI is InChI=1S/C52H92O32/c1-4-5-13-23(14-11-9-7-6-8-10-12-22(56)15-28(57)58)76-51-41(71)45(31(61)24(16-53)77-51)84-52-42(72)46(32(62)25(17-54)78-52)83-48-39(69)35(65)43(21(3)75-48)81-50-40(70)36(66)44(26(18-55)79-50)82-49-38(68)34(64)30(60)27(80-49)19-73-47-37(67)33(63)29(59)20(2)74-47/h20-27,29-56,59-72H,4-19H2,1-3H3,(H,57,58). The second kappa shape index (κ2) is 33.4. The molecule has 32 nitrogen and oxygen atoms in total. The number of unbranched alkanes of at least 4 members (excludes halogenated alkanes) is 6.